The first-order chi connectivity index (χ1) is 12.3. The molecule has 0 radical (unpaired) electrons. The van der Waals surface area contributed by atoms with Gasteiger partial charge in [-0.3, -0.25) is 14.5 Å². The average Bonchev–Trinajstić information content (AvgIpc) is 2.60. The number of methoxy groups -OCH3 is 1. The maximum atomic E-state index is 13.0. The van der Waals surface area contributed by atoms with Crippen molar-refractivity contribution in [2.24, 2.45) is 0 Å². The van der Waals surface area contributed by atoms with Crippen molar-refractivity contribution in [3.63, 3.8) is 0 Å². The molecule has 1 aliphatic heterocycles. The Balaban J connectivity index is 1.87. The summed E-state index contributed by atoms with van der Waals surface area (Å²) >= 11 is 0. The average molecular weight is 353 g/mol. The smallest absolute Gasteiger partial charge is 0.250 e. The quantitative estimate of drug-likeness (QED) is 0.886. The largest absolute Gasteiger partial charge is 0.495 e. The number of anilines is 3. The summed E-state index contributed by atoms with van der Waals surface area (Å²) in [5, 5.41) is 6.00. The van der Waals surface area contributed by atoms with Gasteiger partial charge in [0.25, 0.3) is 0 Å². The second-order valence-electron chi connectivity index (χ2n) is 6.82. The van der Waals surface area contributed by atoms with E-state index in [0.29, 0.717) is 17.1 Å². The maximum Gasteiger partial charge on any atom is 0.250 e. The summed E-state index contributed by atoms with van der Waals surface area (Å²) in [7, 11) is 1.59. The Morgan fingerprint density at radius 1 is 1.23 bits per heavy atom. The van der Waals surface area contributed by atoms with Crippen LogP contribution in [0, 0.1) is 6.92 Å². The summed E-state index contributed by atoms with van der Waals surface area (Å²) in [6.45, 7) is 5.50. The number of fused-ring (bicyclic) bond motifs is 1. The molecule has 0 unspecified atom stereocenters. The van der Waals surface area contributed by atoms with Crippen LogP contribution in [0.2, 0.25) is 0 Å². The van der Waals surface area contributed by atoms with Crippen molar-refractivity contribution in [3.8, 4) is 5.75 Å². The van der Waals surface area contributed by atoms with Crippen LogP contribution in [-0.4, -0.2) is 31.0 Å². The Labute approximate surface area is 153 Å². The predicted molar refractivity (Wildman–Crippen MR) is 103 cm³/mol. The molecule has 2 aromatic rings. The van der Waals surface area contributed by atoms with Crippen LogP contribution in [0.25, 0.3) is 0 Å². The zero-order valence-electron chi connectivity index (χ0n) is 15.4. The van der Waals surface area contributed by atoms with Crippen LogP contribution in [0.3, 0.4) is 0 Å². The van der Waals surface area contributed by atoms with Crippen LogP contribution >= 0.6 is 0 Å². The van der Waals surface area contributed by atoms with E-state index < -0.39 is 5.54 Å². The molecule has 0 atom stereocenters. The van der Waals surface area contributed by atoms with Crippen LogP contribution < -0.4 is 20.3 Å². The van der Waals surface area contributed by atoms with Gasteiger partial charge >= 0.3 is 0 Å². The molecule has 0 saturated heterocycles. The molecule has 0 fully saturated rings. The number of hydrogen-bond acceptors (Lipinski definition) is 4. The maximum absolute atomic E-state index is 13.0. The number of ether oxygens (including phenoxy) is 1. The second-order valence-corrected chi connectivity index (χ2v) is 6.82. The van der Waals surface area contributed by atoms with E-state index >= 15 is 0 Å². The molecule has 0 bridgehead atoms. The molecule has 6 nitrogen and oxygen atoms in total. The van der Waals surface area contributed by atoms with Crippen LogP contribution in [0.15, 0.2) is 42.5 Å². The van der Waals surface area contributed by atoms with E-state index in [0.717, 1.165) is 11.3 Å². The van der Waals surface area contributed by atoms with Crippen LogP contribution in [-0.2, 0) is 9.59 Å². The normalized spacial score (nSPS) is 15.1. The topological polar surface area (TPSA) is 70.7 Å². The van der Waals surface area contributed by atoms with Gasteiger partial charge in [0.2, 0.25) is 11.8 Å². The van der Waals surface area contributed by atoms with Crippen molar-refractivity contribution >= 4 is 28.9 Å². The van der Waals surface area contributed by atoms with E-state index in [9.17, 15) is 9.59 Å². The number of rotatable bonds is 4. The lowest BCUT2D eigenvalue weighted by Crippen LogP contribution is -2.59. The van der Waals surface area contributed by atoms with Crippen molar-refractivity contribution in [1.29, 1.82) is 0 Å². The number of aryl methyl sites for hydroxylation is 1. The Morgan fingerprint density at radius 3 is 2.69 bits per heavy atom. The number of nitrogens with one attached hydrogen (secondary N) is 2. The molecule has 26 heavy (non-hydrogen) atoms. The third-order valence-corrected chi connectivity index (χ3v) is 4.54. The minimum atomic E-state index is -0.982. The first-order valence-electron chi connectivity index (χ1n) is 8.46. The van der Waals surface area contributed by atoms with Gasteiger partial charge < -0.3 is 15.4 Å². The number of carbonyl (C=O) groups is 2. The molecule has 2 aromatic carbocycles. The monoisotopic (exact) mass is 353 g/mol. The molecule has 1 heterocycles. The van der Waals surface area contributed by atoms with Crippen molar-refractivity contribution in [3.05, 3.63) is 48.0 Å². The minimum Gasteiger partial charge on any atom is -0.495 e. The van der Waals surface area contributed by atoms with E-state index in [1.54, 1.807) is 31.9 Å². The van der Waals surface area contributed by atoms with E-state index in [1.165, 1.54) is 0 Å². The highest BCUT2D eigenvalue weighted by atomic mass is 16.5. The van der Waals surface area contributed by atoms with Crippen molar-refractivity contribution < 1.29 is 14.3 Å². The zero-order chi connectivity index (χ0) is 18.9. The zero-order valence-corrected chi connectivity index (χ0v) is 15.4. The van der Waals surface area contributed by atoms with Crippen LogP contribution in [0.5, 0.6) is 5.75 Å². The molecular formula is C20H23N3O3. The van der Waals surface area contributed by atoms with Crippen LogP contribution in [0.4, 0.5) is 17.1 Å². The fraction of sp³-hybridized carbons (Fsp3) is 0.300. The number of benzene rings is 2. The van der Waals surface area contributed by atoms with Gasteiger partial charge in [-0.1, -0.05) is 18.2 Å². The summed E-state index contributed by atoms with van der Waals surface area (Å²) in [4.78, 5) is 27.0. The van der Waals surface area contributed by atoms with Gasteiger partial charge in [0.15, 0.2) is 0 Å². The summed E-state index contributed by atoms with van der Waals surface area (Å²) < 4.78 is 5.34. The molecule has 0 saturated carbocycles. The molecule has 2 amide bonds. The molecule has 1 aliphatic rings. The number of carbonyl (C=O) groups excluding carboxylic acids is 2. The van der Waals surface area contributed by atoms with Crippen molar-refractivity contribution in [2.45, 2.75) is 26.3 Å². The third kappa shape index (κ3) is 3.10. The third-order valence-electron chi connectivity index (χ3n) is 4.54. The summed E-state index contributed by atoms with van der Waals surface area (Å²) in [6.07, 6.45) is 0. The Hall–Kier alpha value is -3.02. The lowest BCUT2D eigenvalue weighted by molar-refractivity contribution is -0.125. The van der Waals surface area contributed by atoms with Crippen molar-refractivity contribution in [1.82, 2.24) is 0 Å². The van der Waals surface area contributed by atoms with Gasteiger partial charge in [-0.2, -0.15) is 0 Å². The fourth-order valence-electron chi connectivity index (χ4n) is 3.11. The highest BCUT2D eigenvalue weighted by molar-refractivity contribution is 6.14. The van der Waals surface area contributed by atoms with Gasteiger partial charge in [-0.15, -0.1) is 0 Å². The first kappa shape index (κ1) is 17.8. The van der Waals surface area contributed by atoms with Crippen molar-refractivity contribution in [2.75, 3.05) is 29.2 Å². The lowest BCUT2D eigenvalue weighted by atomic mass is 9.96. The van der Waals surface area contributed by atoms with Gasteiger partial charge in [-0.05, 0) is 50.6 Å². The van der Waals surface area contributed by atoms with Gasteiger partial charge in [0, 0.05) is 0 Å². The van der Waals surface area contributed by atoms with Gasteiger partial charge in [-0.25, -0.2) is 0 Å². The Morgan fingerprint density at radius 2 is 1.96 bits per heavy atom. The van der Waals surface area contributed by atoms with E-state index in [4.69, 9.17) is 4.74 Å². The molecular weight excluding hydrogens is 330 g/mol. The van der Waals surface area contributed by atoms with E-state index in [-0.39, 0.29) is 18.4 Å². The molecule has 3 rings (SSSR count). The molecule has 0 aliphatic carbocycles. The van der Waals surface area contributed by atoms with Crippen LogP contribution in [0.1, 0.15) is 19.4 Å². The molecule has 136 valence electrons. The molecule has 2 N–H and O–H groups in total. The van der Waals surface area contributed by atoms with E-state index in [1.807, 2.05) is 43.3 Å². The lowest BCUT2D eigenvalue weighted by Gasteiger charge is -2.42. The number of amides is 2. The first-order valence-corrected chi connectivity index (χ1v) is 8.46. The molecule has 6 heteroatoms. The standard InChI is InChI=1S/C20H23N3O3/c1-13-9-10-17(26-4)15(11-13)21-12-18(24)23-16-8-6-5-7-14(16)22-19(25)20(23,2)3/h5-11,21H,12H2,1-4H3,(H,22,25). The summed E-state index contributed by atoms with van der Waals surface area (Å²) in [5.74, 6) is 0.262. The van der Waals surface area contributed by atoms with E-state index in [2.05, 4.69) is 10.6 Å². The fourth-order valence-corrected chi connectivity index (χ4v) is 3.11. The molecule has 0 aromatic heterocycles. The summed E-state index contributed by atoms with van der Waals surface area (Å²) in [5.41, 5.74) is 2.15. The number of para-hydroxylation sites is 2. The highest BCUT2D eigenvalue weighted by Gasteiger charge is 2.43. The summed E-state index contributed by atoms with van der Waals surface area (Å²) in [6, 6.07) is 13.0. The van der Waals surface area contributed by atoms with Gasteiger partial charge in [0.1, 0.15) is 11.3 Å². The SMILES string of the molecule is COc1ccc(C)cc1NCC(=O)N1c2ccccc2NC(=O)C1(C)C. The second kappa shape index (κ2) is 6.71. The number of nitrogens with zero attached hydrogens (tertiary/aromatic N) is 1. The number of hydrogen-bond donors (Lipinski definition) is 2. The molecule has 0 spiro atoms. The highest BCUT2D eigenvalue weighted by Crippen LogP contribution is 2.36. The Kier molecular flexibility index (Phi) is 4.59. The predicted octanol–water partition coefficient (Wildman–Crippen LogP) is 3.18. The minimum absolute atomic E-state index is 0.0465. The Bertz CT molecular complexity index is 861. The van der Waals surface area contributed by atoms with Gasteiger partial charge in [0.05, 0.1) is 30.7 Å².